The van der Waals surface area contributed by atoms with E-state index >= 15 is 0 Å². The van der Waals surface area contributed by atoms with Crippen molar-refractivity contribution in [1.29, 1.82) is 0 Å². The van der Waals surface area contributed by atoms with Crippen LogP contribution in [0.15, 0.2) is 27.8 Å². The SMILES string of the molecule is CCOC(=O)N1CCC(NC(=NC)NCC(=O)NCc2ccco2)CC1. The minimum absolute atomic E-state index is 0.113. The molecule has 2 rings (SSSR count). The lowest BCUT2D eigenvalue weighted by molar-refractivity contribution is -0.120. The predicted octanol–water partition coefficient (Wildman–Crippen LogP) is 0.682. The number of carbonyl (C=O) groups is 2. The van der Waals surface area contributed by atoms with Crippen LogP contribution < -0.4 is 16.0 Å². The normalized spacial score (nSPS) is 15.5. The summed E-state index contributed by atoms with van der Waals surface area (Å²) >= 11 is 0. The van der Waals surface area contributed by atoms with Crippen LogP contribution >= 0.6 is 0 Å². The van der Waals surface area contributed by atoms with E-state index in [0.29, 0.717) is 38.0 Å². The van der Waals surface area contributed by atoms with E-state index in [0.717, 1.165) is 12.8 Å². The fourth-order valence-electron chi connectivity index (χ4n) is 2.63. The molecular formula is C17H27N5O4. The summed E-state index contributed by atoms with van der Waals surface area (Å²) in [6, 6.07) is 3.77. The molecule has 144 valence electrons. The molecule has 2 amide bonds. The zero-order valence-corrected chi connectivity index (χ0v) is 15.3. The molecule has 3 N–H and O–H groups in total. The Labute approximate surface area is 153 Å². The van der Waals surface area contributed by atoms with Crippen LogP contribution in [-0.2, 0) is 16.1 Å². The molecule has 9 nitrogen and oxygen atoms in total. The third-order valence-electron chi connectivity index (χ3n) is 4.04. The molecule has 0 spiro atoms. The van der Waals surface area contributed by atoms with Gasteiger partial charge in [-0.15, -0.1) is 0 Å². The summed E-state index contributed by atoms with van der Waals surface area (Å²) < 4.78 is 10.2. The van der Waals surface area contributed by atoms with Crippen LogP contribution in [0.3, 0.4) is 0 Å². The molecule has 0 radical (unpaired) electrons. The molecule has 0 saturated carbocycles. The van der Waals surface area contributed by atoms with Gasteiger partial charge in [-0.25, -0.2) is 4.79 Å². The molecule has 1 aliphatic heterocycles. The van der Waals surface area contributed by atoms with E-state index in [1.807, 2.05) is 0 Å². The summed E-state index contributed by atoms with van der Waals surface area (Å²) in [6.07, 6.45) is 2.90. The van der Waals surface area contributed by atoms with Gasteiger partial charge >= 0.3 is 6.09 Å². The van der Waals surface area contributed by atoms with Gasteiger partial charge in [-0.05, 0) is 31.9 Å². The van der Waals surface area contributed by atoms with Gasteiger partial charge in [0, 0.05) is 26.2 Å². The Balaban J connectivity index is 1.66. The Morgan fingerprint density at radius 3 is 2.73 bits per heavy atom. The number of furan rings is 1. The number of hydrogen-bond donors (Lipinski definition) is 3. The van der Waals surface area contributed by atoms with E-state index in [-0.39, 0.29) is 24.6 Å². The van der Waals surface area contributed by atoms with Crippen molar-refractivity contribution in [2.45, 2.75) is 32.4 Å². The number of ether oxygens (including phenoxy) is 1. The topological polar surface area (TPSA) is 108 Å². The molecule has 1 saturated heterocycles. The number of amides is 2. The van der Waals surface area contributed by atoms with E-state index in [4.69, 9.17) is 9.15 Å². The van der Waals surface area contributed by atoms with Crippen LogP contribution in [0.1, 0.15) is 25.5 Å². The van der Waals surface area contributed by atoms with Crippen LogP contribution in [0, 0.1) is 0 Å². The van der Waals surface area contributed by atoms with Crippen molar-refractivity contribution in [2.75, 3.05) is 33.3 Å². The standard InChI is InChI=1S/C17H27N5O4/c1-3-25-17(24)22-8-6-13(7-9-22)21-16(18-2)20-12-15(23)19-11-14-5-4-10-26-14/h4-5,10,13H,3,6-9,11-12H2,1-2H3,(H,19,23)(H2,18,20,21). The fraction of sp³-hybridized carbons (Fsp3) is 0.588. The number of carbonyl (C=O) groups excluding carboxylic acids is 2. The van der Waals surface area contributed by atoms with E-state index in [2.05, 4.69) is 20.9 Å². The molecule has 9 heteroatoms. The predicted molar refractivity (Wildman–Crippen MR) is 96.7 cm³/mol. The third kappa shape index (κ3) is 6.30. The molecule has 1 fully saturated rings. The average molecular weight is 365 g/mol. The molecule has 1 aliphatic rings. The van der Waals surface area contributed by atoms with Gasteiger partial charge in [-0.3, -0.25) is 9.79 Å². The molecule has 0 aliphatic carbocycles. The van der Waals surface area contributed by atoms with Crippen molar-refractivity contribution >= 4 is 18.0 Å². The lowest BCUT2D eigenvalue weighted by atomic mass is 10.1. The Kier molecular flexibility index (Phi) is 7.78. The van der Waals surface area contributed by atoms with Crippen molar-refractivity contribution in [1.82, 2.24) is 20.9 Å². The van der Waals surface area contributed by atoms with Crippen LogP contribution in [-0.4, -0.2) is 62.2 Å². The van der Waals surface area contributed by atoms with Crippen molar-refractivity contribution < 1.29 is 18.7 Å². The van der Waals surface area contributed by atoms with Gasteiger partial charge in [0.15, 0.2) is 5.96 Å². The van der Waals surface area contributed by atoms with Crippen LogP contribution in [0.4, 0.5) is 4.79 Å². The molecule has 26 heavy (non-hydrogen) atoms. The smallest absolute Gasteiger partial charge is 0.409 e. The third-order valence-corrected chi connectivity index (χ3v) is 4.04. The van der Waals surface area contributed by atoms with E-state index in [1.54, 1.807) is 37.3 Å². The van der Waals surface area contributed by atoms with E-state index in [1.165, 1.54) is 0 Å². The number of piperidine rings is 1. The van der Waals surface area contributed by atoms with Crippen molar-refractivity contribution in [3.05, 3.63) is 24.2 Å². The summed E-state index contributed by atoms with van der Waals surface area (Å²) in [5.74, 6) is 1.11. The van der Waals surface area contributed by atoms with Gasteiger partial charge in [0.25, 0.3) is 0 Å². The number of hydrogen-bond acceptors (Lipinski definition) is 5. The van der Waals surface area contributed by atoms with E-state index in [9.17, 15) is 9.59 Å². The number of rotatable bonds is 6. The van der Waals surface area contributed by atoms with Gasteiger partial charge in [0.2, 0.25) is 5.91 Å². The van der Waals surface area contributed by atoms with Gasteiger partial charge < -0.3 is 30.0 Å². The lowest BCUT2D eigenvalue weighted by Crippen LogP contribution is -2.51. The summed E-state index contributed by atoms with van der Waals surface area (Å²) in [7, 11) is 1.66. The van der Waals surface area contributed by atoms with Gasteiger partial charge in [0.1, 0.15) is 5.76 Å². The first-order valence-electron chi connectivity index (χ1n) is 8.80. The second kappa shape index (κ2) is 10.3. The van der Waals surface area contributed by atoms with E-state index < -0.39 is 0 Å². The minimum Gasteiger partial charge on any atom is -0.467 e. The molecular weight excluding hydrogens is 338 g/mol. The van der Waals surface area contributed by atoms with Gasteiger partial charge in [-0.1, -0.05) is 0 Å². The number of likely N-dealkylation sites (tertiary alicyclic amines) is 1. The number of nitrogens with zero attached hydrogens (tertiary/aromatic N) is 2. The monoisotopic (exact) mass is 365 g/mol. The molecule has 2 heterocycles. The van der Waals surface area contributed by atoms with Crippen LogP contribution in [0.5, 0.6) is 0 Å². The highest BCUT2D eigenvalue weighted by molar-refractivity contribution is 5.86. The minimum atomic E-state index is -0.262. The second-order valence-corrected chi connectivity index (χ2v) is 5.89. The Morgan fingerprint density at radius 2 is 2.12 bits per heavy atom. The second-order valence-electron chi connectivity index (χ2n) is 5.89. The molecule has 0 unspecified atom stereocenters. The average Bonchev–Trinajstić information content (AvgIpc) is 3.17. The first kappa shape index (κ1) is 19.6. The van der Waals surface area contributed by atoms with Gasteiger partial charge in [0.05, 0.1) is 26.0 Å². The Bertz CT molecular complexity index is 594. The summed E-state index contributed by atoms with van der Waals surface area (Å²) in [5, 5.41) is 9.04. The maximum absolute atomic E-state index is 11.9. The number of nitrogens with one attached hydrogen (secondary N) is 3. The molecule has 1 aromatic rings. The highest BCUT2D eigenvalue weighted by atomic mass is 16.6. The Hall–Kier alpha value is -2.71. The maximum atomic E-state index is 11.9. The number of guanidine groups is 1. The van der Waals surface area contributed by atoms with Crippen LogP contribution in [0.2, 0.25) is 0 Å². The maximum Gasteiger partial charge on any atom is 0.409 e. The highest BCUT2D eigenvalue weighted by Crippen LogP contribution is 2.11. The Morgan fingerprint density at radius 1 is 1.35 bits per heavy atom. The van der Waals surface area contributed by atoms with Gasteiger partial charge in [-0.2, -0.15) is 0 Å². The molecule has 0 bridgehead atoms. The van der Waals surface area contributed by atoms with Crippen molar-refractivity contribution in [3.63, 3.8) is 0 Å². The van der Waals surface area contributed by atoms with Crippen LogP contribution in [0.25, 0.3) is 0 Å². The fourth-order valence-corrected chi connectivity index (χ4v) is 2.63. The highest BCUT2D eigenvalue weighted by Gasteiger charge is 2.24. The molecule has 1 aromatic heterocycles. The summed E-state index contributed by atoms with van der Waals surface area (Å²) in [5.41, 5.74) is 0. The first-order valence-corrected chi connectivity index (χ1v) is 8.80. The number of aliphatic imine (C=N–C) groups is 1. The van der Waals surface area contributed by atoms with Crippen molar-refractivity contribution in [2.24, 2.45) is 4.99 Å². The zero-order chi connectivity index (χ0) is 18.8. The molecule has 0 aromatic carbocycles. The quantitative estimate of drug-likeness (QED) is 0.505. The molecule has 0 atom stereocenters. The largest absolute Gasteiger partial charge is 0.467 e. The first-order chi connectivity index (χ1) is 12.6. The zero-order valence-electron chi connectivity index (χ0n) is 15.3. The summed E-state index contributed by atoms with van der Waals surface area (Å²) in [4.78, 5) is 29.4. The lowest BCUT2D eigenvalue weighted by Gasteiger charge is -2.32. The summed E-state index contributed by atoms with van der Waals surface area (Å²) in [6.45, 7) is 3.92. The van der Waals surface area contributed by atoms with Crippen molar-refractivity contribution in [3.8, 4) is 0 Å².